The number of piperidine rings is 1. The third-order valence-electron chi connectivity index (χ3n) is 5.78. The van der Waals surface area contributed by atoms with Crippen molar-refractivity contribution in [2.75, 3.05) is 0 Å². The minimum Gasteiger partial charge on any atom is -0.549 e. The Balaban J connectivity index is 3.76. The van der Waals surface area contributed by atoms with Gasteiger partial charge >= 0.3 is 6.18 Å². The number of aliphatic carboxylic acids is 2. The molecule has 0 saturated carbocycles. The summed E-state index contributed by atoms with van der Waals surface area (Å²) in [5, 5.41) is 26.2. The van der Waals surface area contributed by atoms with Crippen LogP contribution in [0.4, 0.5) is 13.2 Å². The van der Waals surface area contributed by atoms with Gasteiger partial charge in [-0.05, 0) is 31.1 Å². The fraction of sp³-hybridized carbons (Fsp3) is 0.882. The molecule has 5 nitrogen and oxygen atoms in total. The van der Waals surface area contributed by atoms with E-state index in [1.54, 1.807) is 20.8 Å². The molecule has 0 bridgehead atoms. The lowest BCUT2D eigenvalue weighted by atomic mass is 9.50. The maximum atomic E-state index is 13.7. The zero-order chi connectivity index (χ0) is 19.8. The number of hydrogen-bond donors (Lipinski definition) is 1. The smallest absolute Gasteiger partial charge is 0.404 e. The van der Waals surface area contributed by atoms with Crippen molar-refractivity contribution >= 4 is 11.9 Å². The SMILES string of the molecule is CCC1NC(C(F)(F)F)C(C)(C(=O)[O-])C(CC(C)C)C1(CC)C(=O)[O-]. The molecule has 0 aromatic rings. The molecule has 5 unspecified atom stereocenters. The van der Waals surface area contributed by atoms with Crippen LogP contribution in [-0.2, 0) is 9.59 Å². The van der Waals surface area contributed by atoms with E-state index in [9.17, 15) is 33.0 Å². The first-order chi connectivity index (χ1) is 11.3. The molecule has 1 saturated heterocycles. The van der Waals surface area contributed by atoms with E-state index in [4.69, 9.17) is 0 Å². The molecule has 0 amide bonds. The van der Waals surface area contributed by atoms with E-state index < -0.39 is 46.9 Å². The van der Waals surface area contributed by atoms with Crippen LogP contribution in [0.2, 0.25) is 0 Å². The molecule has 0 spiro atoms. The van der Waals surface area contributed by atoms with E-state index in [0.29, 0.717) is 0 Å². The molecule has 1 N–H and O–H groups in total. The molecule has 8 heteroatoms. The number of alkyl halides is 3. The van der Waals surface area contributed by atoms with Crippen molar-refractivity contribution in [2.45, 2.75) is 72.1 Å². The summed E-state index contributed by atoms with van der Waals surface area (Å²) in [6, 6.07) is -3.44. The lowest BCUT2D eigenvalue weighted by Crippen LogP contribution is -2.77. The van der Waals surface area contributed by atoms with Gasteiger partial charge in [0.05, 0.1) is 0 Å². The third kappa shape index (κ3) is 3.37. The predicted molar refractivity (Wildman–Crippen MR) is 80.8 cm³/mol. The van der Waals surface area contributed by atoms with Crippen molar-refractivity contribution in [3.05, 3.63) is 0 Å². The van der Waals surface area contributed by atoms with Gasteiger partial charge in [0.15, 0.2) is 0 Å². The van der Waals surface area contributed by atoms with E-state index in [1.165, 1.54) is 6.92 Å². The Labute approximate surface area is 146 Å². The highest BCUT2D eigenvalue weighted by Gasteiger charge is 2.65. The molecule has 1 rings (SSSR count). The van der Waals surface area contributed by atoms with Crippen LogP contribution < -0.4 is 15.5 Å². The topological polar surface area (TPSA) is 92.3 Å². The minimum atomic E-state index is -4.86. The van der Waals surface area contributed by atoms with Crippen LogP contribution in [0.25, 0.3) is 0 Å². The molecule has 1 heterocycles. The van der Waals surface area contributed by atoms with Crippen LogP contribution in [0.3, 0.4) is 0 Å². The highest BCUT2D eigenvalue weighted by atomic mass is 19.4. The lowest BCUT2D eigenvalue weighted by Gasteiger charge is -2.62. The van der Waals surface area contributed by atoms with E-state index >= 15 is 0 Å². The van der Waals surface area contributed by atoms with Gasteiger partial charge in [0, 0.05) is 28.8 Å². The van der Waals surface area contributed by atoms with E-state index in [1.807, 2.05) is 0 Å². The minimum absolute atomic E-state index is 0.0110. The zero-order valence-corrected chi connectivity index (χ0v) is 15.2. The van der Waals surface area contributed by atoms with Crippen LogP contribution in [0.5, 0.6) is 0 Å². The van der Waals surface area contributed by atoms with E-state index in [0.717, 1.165) is 6.92 Å². The number of rotatable bonds is 6. The first-order valence-electron chi connectivity index (χ1n) is 8.55. The molecule has 146 valence electrons. The highest BCUT2D eigenvalue weighted by Crippen LogP contribution is 2.56. The van der Waals surface area contributed by atoms with Crippen molar-refractivity contribution in [2.24, 2.45) is 22.7 Å². The monoisotopic (exact) mass is 365 g/mol. The van der Waals surface area contributed by atoms with Gasteiger partial charge in [-0.2, -0.15) is 13.2 Å². The van der Waals surface area contributed by atoms with Gasteiger partial charge < -0.3 is 25.1 Å². The molecule has 0 aromatic heterocycles. The number of hydrogen-bond acceptors (Lipinski definition) is 5. The second-order valence-electron chi connectivity index (χ2n) is 7.54. The average molecular weight is 365 g/mol. The lowest BCUT2D eigenvalue weighted by molar-refractivity contribution is -0.349. The quantitative estimate of drug-likeness (QED) is 0.754. The van der Waals surface area contributed by atoms with Gasteiger partial charge in [-0.15, -0.1) is 0 Å². The van der Waals surface area contributed by atoms with E-state index in [-0.39, 0.29) is 25.2 Å². The number of carboxylic acids is 2. The van der Waals surface area contributed by atoms with Crippen molar-refractivity contribution in [3.63, 3.8) is 0 Å². The van der Waals surface area contributed by atoms with Crippen molar-refractivity contribution in [3.8, 4) is 0 Å². The van der Waals surface area contributed by atoms with Gasteiger partial charge in [-0.1, -0.05) is 34.6 Å². The summed E-state index contributed by atoms with van der Waals surface area (Å²) in [6.07, 6.45) is -4.78. The fourth-order valence-corrected chi connectivity index (χ4v) is 4.53. The summed E-state index contributed by atoms with van der Waals surface area (Å²) in [6.45, 7) is 7.50. The molecule has 0 radical (unpaired) electrons. The summed E-state index contributed by atoms with van der Waals surface area (Å²) in [7, 11) is 0. The van der Waals surface area contributed by atoms with Gasteiger partial charge in [0.2, 0.25) is 0 Å². The van der Waals surface area contributed by atoms with Crippen LogP contribution in [0.15, 0.2) is 0 Å². The zero-order valence-electron chi connectivity index (χ0n) is 15.2. The summed E-state index contributed by atoms with van der Waals surface area (Å²) < 4.78 is 41.0. The van der Waals surface area contributed by atoms with Crippen molar-refractivity contribution < 1.29 is 33.0 Å². The standard InChI is InChI=1S/C17H28F3NO4/c1-6-11-16(7-2,14(24)25)10(8-9(3)4)15(5,13(22)23)12(21-11)17(18,19)20/h9-12,21H,6-8H2,1-5H3,(H,22,23)(H,24,25)/p-2. The number of carbonyl (C=O) groups excluding carboxylic acids is 2. The largest absolute Gasteiger partial charge is 0.549 e. The number of carbonyl (C=O) groups is 2. The highest BCUT2D eigenvalue weighted by molar-refractivity contribution is 5.80. The molecule has 25 heavy (non-hydrogen) atoms. The molecular weight excluding hydrogens is 339 g/mol. The maximum Gasteiger partial charge on any atom is 0.404 e. The Bertz CT molecular complexity index is 523. The molecule has 0 aliphatic carbocycles. The van der Waals surface area contributed by atoms with Crippen LogP contribution in [0, 0.1) is 22.7 Å². The van der Waals surface area contributed by atoms with Crippen molar-refractivity contribution in [1.29, 1.82) is 0 Å². The normalized spacial score (nSPS) is 36.4. The van der Waals surface area contributed by atoms with E-state index in [2.05, 4.69) is 5.32 Å². The maximum absolute atomic E-state index is 13.7. The Hall–Kier alpha value is -1.31. The molecule has 1 aliphatic rings. The second kappa shape index (κ2) is 7.13. The number of halogens is 3. The van der Waals surface area contributed by atoms with Crippen LogP contribution >= 0.6 is 0 Å². The van der Waals surface area contributed by atoms with Crippen LogP contribution in [-0.4, -0.2) is 30.2 Å². The summed E-state index contributed by atoms with van der Waals surface area (Å²) in [4.78, 5) is 24.0. The second-order valence-corrected chi connectivity index (χ2v) is 7.54. The molecule has 5 atom stereocenters. The number of carboxylic acid groups (broad SMARTS) is 2. The molecule has 1 aliphatic heterocycles. The predicted octanol–water partition coefficient (Wildman–Crippen LogP) is 0.864. The van der Waals surface area contributed by atoms with Gasteiger partial charge in [0.25, 0.3) is 0 Å². The Kier molecular flexibility index (Phi) is 6.20. The summed E-state index contributed by atoms with van der Waals surface area (Å²) in [5.41, 5.74) is -4.15. The summed E-state index contributed by atoms with van der Waals surface area (Å²) in [5.74, 6) is -4.90. The molecular formula is C17H26F3NO4-2. The molecule has 0 aromatic carbocycles. The van der Waals surface area contributed by atoms with Gasteiger partial charge in [-0.3, -0.25) is 0 Å². The fourth-order valence-electron chi connectivity index (χ4n) is 4.53. The van der Waals surface area contributed by atoms with Gasteiger partial charge in [0.1, 0.15) is 6.04 Å². The Morgan fingerprint density at radius 2 is 1.68 bits per heavy atom. The van der Waals surface area contributed by atoms with Gasteiger partial charge in [-0.25, -0.2) is 0 Å². The summed E-state index contributed by atoms with van der Waals surface area (Å²) >= 11 is 0. The number of nitrogens with one attached hydrogen (secondary N) is 1. The van der Waals surface area contributed by atoms with Crippen molar-refractivity contribution in [1.82, 2.24) is 5.32 Å². The van der Waals surface area contributed by atoms with Crippen LogP contribution in [0.1, 0.15) is 53.9 Å². The third-order valence-corrected chi connectivity index (χ3v) is 5.78. The Morgan fingerprint density at radius 3 is 1.96 bits per heavy atom. The first kappa shape index (κ1) is 21.7. The molecule has 1 fully saturated rings. The first-order valence-corrected chi connectivity index (χ1v) is 8.55. The average Bonchev–Trinajstić information content (AvgIpc) is 2.46. The Morgan fingerprint density at radius 1 is 1.16 bits per heavy atom.